The average molecular weight is 448 g/mol. The molecular weight excluding hydrogens is 414 g/mol. The Morgan fingerprint density at radius 3 is 2.34 bits per heavy atom. The molecule has 0 aliphatic heterocycles. The SMILES string of the molecule is COc1ccc(CN(CC(O)COCc2ccccc2)C(=O)CC(OC)OC)c(OC)c1. The van der Waals surface area contributed by atoms with E-state index < -0.39 is 12.4 Å². The third-order valence-electron chi connectivity index (χ3n) is 4.93. The Balaban J connectivity index is 2.07. The number of nitrogens with zero attached hydrogens (tertiary/aromatic N) is 1. The lowest BCUT2D eigenvalue weighted by Crippen LogP contribution is -2.40. The van der Waals surface area contributed by atoms with E-state index in [0.29, 0.717) is 18.1 Å². The Hall–Kier alpha value is -2.65. The Labute approximate surface area is 189 Å². The van der Waals surface area contributed by atoms with Crippen LogP contribution in [0.1, 0.15) is 17.5 Å². The third-order valence-corrected chi connectivity index (χ3v) is 4.93. The fourth-order valence-corrected chi connectivity index (χ4v) is 3.17. The Kier molecular flexibility index (Phi) is 11.0. The smallest absolute Gasteiger partial charge is 0.228 e. The molecule has 8 nitrogen and oxygen atoms in total. The van der Waals surface area contributed by atoms with Crippen molar-refractivity contribution in [2.75, 3.05) is 41.6 Å². The van der Waals surface area contributed by atoms with E-state index in [9.17, 15) is 9.90 Å². The normalized spacial score (nSPS) is 11.9. The molecule has 2 rings (SSSR count). The second-order valence-corrected chi connectivity index (χ2v) is 7.21. The van der Waals surface area contributed by atoms with Crippen molar-refractivity contribution in [2.24, 2.45) is 0 Å². The second kappa shape index (κ2) is 13.7. The lowest BCUT2D eigenvalue weighted by atomic mass is 10.1. The summed E-state index contributed by atoms with van der Waals surface area (Å²) in [7, 11) is 6.09. The molecule has 1 atom stereocenters. The zero-order valence-corrected chi connectivity index (χ0v) is 19.2. The number of hydrogen-bond donors (Lipinski definition) is 1. The highest BCUT2D eigenvalue weighted by Crippen LogP contribution is 2.26. The standard InChI is InChI=1S/C24H33NO7/c1-28-21-11-10-19(22(12-21)29-2)14-25(23(27)13-24(30-3)31-4)15-20(26)17-32-16-18-8-6-5-7-9-18/h5-12,20,24,26H,13-17H2,1-4H3. The molecule has 1 unspecified atom stereocenters. The van der Waals surface area contributed by atoms with Crippen LogP contribution in [-0.4, -0.2) is 69.9 Å². The van der Waals surface area contributed by atoms with Crippen molar-refractivity contribution >= 4 is 5.91 Å². The van der Waals surface area contributed by atoms with Crippen LogP contribution in [0.2, 0.25) is 0 Å². The van der Waals surface area contributed by atoms with E-state index in [2.05, 4.69) is 0 Å². The van der Waals surface area contributed by atoms with Gasteiger partial charge in [-0.25, -0.2) is 0 Å². The van der Waals surface area contributed by atoms with Crippen LogP contribution in [0.3, 0.4) is 0 Å². The molecule has 0 bridgehead atoms. The Bertz CT molecular complexity index is 811. The van der Waals surface area contributed by atoms with E-state index in [1.807, 2.05) is 36.4 Å². The molecule has 0 saturated carbocycles. The summed E-state index contributed by atoms with van der Waals surface area (Å²) in [5.74, 6) is 1.02. The van der Waals surface area contributed by atoms with Crippen molar-refractivity contribution in [3.05, 3.63) is 59.7 Å². The monoisotopic (exact) mass is 447 g/mol. The molecule has 1 amide bonds. The number of hydrogen-bond acceptors (Lipinski definition) is 7. The van der Waals surface area contributed by atoms with Gasteiger partial charge < -0.3 is 33.7 Å². The van der Waals surface area contributed by atoms with Crippen molar-refractivity contribution < 1.29 is 33.6 Å². The van der Waals surface area contributed by atoms with Crippen LogP contribution in [0.15, 0.2) is 48.5 Å². The van der Waals surface area contributed by atoms with E-state index in [0.717, 1.165) is 11.1 Å². The molecular formula is C24H33NO7. The van der Waals surface area contributed by atoms with Gasteiger partial charge in [-0.05, 0) is 17.7 Å². The van der Waals surface area contributed by atoms with Gasteiger partial charge in [0, 0.05) is 38.9 Å². The van der Waals surface area contributed by atoms with Crippen molar-refractivity contribution in [1.82, 2.24) is 4.90 Å². The summed E-state index contributed by atoms with van der Waals surface area (Å²) in [6.07, 6.45) is -1.52. The van der Waals surface area contributed by atoms with Crippen molar-refractivity contribution in [3.8, 4) is 11.5 Å². The van der Waals surface area contributed by atoms with Crippen LogP contribution >= 0.6 is 0 Å². The molecule has 0 heterocycles. The summed E-state index contributed by atoms with van der Waals surface area (Å²) in [6, 6.07) is 15.1. The minimum absolute atomic E-state index is 0.0169. The Morgan fingerprint density at radius 2 is 1.72 bits per heavy atom. The maximum absolute atomic E-state index is 13.0. The van der Waals surface area contributed by atoms with Gasteiger partial charge in [0.05, 0.1) is 40.0 Å². The summed E-state index contributed by atoms with van der Waals surface area (Å²) < 4.78 is 26.7. The van der Waals surface area contributed by atoms with Gasteiger partial charge in [-0.15, -0.1) is 0 Å². The largest absolute Gasteiger partial charge is 0.497 e. The quantitative estimate of drug-likeness (QED) is 0.446. The van der Waals surface area contributed by atoms with Gasteiger partial charge in [0.15, 0.2) is 6.29 Å². The van der Waals surface area contributed by atoms with E-state index in [-0.39, 0.29) is 32.0 Å². The number of rotatable bonds is 14. The average Bonchev–Trinajstić information content (AvgIpc) is 2.82. The molecule has 0 aliphatic rings. The fraction of sp³-hybridized carbons (Fsp3) is 0.458. The van der Waals surface area contributed by atoms with E-state index in [1.165, 1.54) is 14.2 Å². The van der Waals surface area contributed by atoms with Crippen molar-refractivity contribution in [2.45, 2.75) is 32.0 Å². The molecule has 32 heavy (non-hydrogen) atoms. The van der Waals surface area contributed by atoms with E-state index in [1.54, 1.807) is 31.3 Å². The zero-order valence-electron chi connectivity index (χ0n) is 19.2. The fourth-order valence-electron chi connectivity index (χ4n) is 3.17. The Morgan fingerprint density at radius 1 is 1.00 bits per heavy atom. The minimum Gasteiger partial charge on any atom is -0.497 e. The minimum atomic E-state index is -0.865. The summed E-state index contributed by atoms with van der Waals surface area (Å²) in [4.78, 5) is 14.5. The molecule has 2 aromatic carbocycles. The van der Waals surface area contributed by atoms with Gasteiger partial charge in [0.2, 0.25) is 5.91 Å². The molecule has 8 heteroatoms. The lowest BCUT2D eigenvalue weighted by Gasteiger charge is -2.27. The predicted molar refractivity (Wildman–Crippen MR) is 119 cm³/mol. The first-order valence-corrected chi connectivity index (χ1v) is 10.3. The van der Waals surface area contributed by atoms with Crippen LogP contribution < -0.4 is 9.47 Å². The van der Waals surface area contributed by atoms with Crippen LogP contribution in [0.4, 0.5) is 0 Å². The number of aliphatic hydroxyl groups is 1. The van der Waals surface area contributed by atoms with Gasteiger partial charge >= 0.3 is 0 Å². The molecule has 1 N–H and O–H groups in total. The number of benzene rings is 2. The summed E-state index contributed by atoms with van der Waals surface area (Å²) in [5.41, 5.74) is 1.80. The summed E-state index contributed by atoms with van der Waals surface area (Å²) in [5, 5.41) is 10.5. The maximum Gasteiger partial charge on any atom is 0.228 e. The number of amides is 1. The first kappa shape index (κ1) is 25.6. The van der Waals surface area contributed by atoms with Crippen LogP contribution in [0.25, 0.3) is 0 Å². The van der Waals surface area contributed by atoms with Crippen LogP contribution in [0, 0.1) is 0 Å². The predicted octanol–water partition coefficient (Wildman–Crippen LogP) is 2.62. The van der Waals surface area contributed by atoms with Gasteiger partial charge in [-0.1, -0.05) is 30.3 Å². The van der Waals surface area contributed by atoms with Crippen molar-refractivity contribution in [1.29, 1.82) is 0 Å². The number of carbonyl (C=O) groups excluding carboxylic acids is 1. The van der Waals surface area contributed by atoms with E-state index in [4.69, 9.17) is 23.7 Å². The highest BCUT2D eigenvalue weighted by atomic mass is 16.7. The topological polar surface area (TPSA) is 86.7 Å². The highest BCUT2D eigenvalue weighted by Gasteiger charge is 2.23. The van der Waals surface area contributed by atoms with Crippen molar-refractivity contribution in [3.63, 3.8) is 0 Å². The molecule has 0 radical (unpaired) electrons. The molecule has 0 saturated heterocycles. The van der Waals surface area contributed by atoms with Crippen LogP contribution in [-0.2, 0) is 32.2 Å². The molecule has 0 aromatic heterocycles. The molecule has 0 aliphatic carbocycles. The molecule has 176 valence electrons. The van der Waals surface area contributed by atoms with E-state index >= 15 is 0 Å². The molecule has 0 fully saturated rings. The van der Waals surface area contributed by atoms with Gasteiger partial charge in [0.1, 0.15) is 11.5 Å². The lowest BCUT2D eigenvalue weighted by molar-refractivity contribution is -0.150. The third kappa shape index (κ3) is 8.12. The molecule has 2 aromatic rings. The number of carbonyl (C=O) groups is 1. The number of methoxy groups -OCH3 is 4. The summed E-state index contributed by atoms with van der Waals surface area (Å²) >= 11 is 0. The zero-order chi connectivity index (χ0) is 23.3. The highest BCUT2D eigenvalue weighted by molar-refractivity contribution is 5.76. The summed E-state index contributed by atoms with van der Waals surface area (Å²) in [6.45, 7) is 0.800. The molecule has 0 spiro atoms. The maximum atomic E-state index is 13.0. The first-order chi connectivity index (χ1) is 15.5. The number of aliphatic hydroxyl groups excluding tert-OH is 1. The van der Waals surface area contributed by atoms with Crippen LogP contribution in [0.5, 0.6) is 11.5 Å². The van der Waals surface area contributed by atoms with Gasteiger partial charge in [0.25, 0.3) is 0 Å². The van der Waals surface area contributed by atoms with Gasteiger partial charge in [-0.2, -0.15) is 0 Å². The number of ether oxygens (including phenoxy) is 5. The first-order valence-electron chi connectivity index (χ1n) is 10.3. The second-order valence-electron chi connectivity index (χ2n) is 7.21. The van der Waals surface area contributed by atoms with Gasteiger partial charge in [-0.3, -0.25) is 4.79 Å².